The first-order valence-electron chi connectivity index (χ1n) is 8.41. The van der Waals surface area contributed by atoms with Gasteiger partial charge >= 0.3 is 0 Å². The predicted octanol–water partition coefficient (Wildman–Crippen LogP) is 2.58. The molecule has 7 heteroatoms. The van der Waals surface area contributed by atoms with Crippen LogP contribution in [0.4, 0.5) is 0 Å². The van der Waals surface area contributed by atoms with Gasteiger partial charge in [-0.25, -0.2) is 14.5 Å². The van der Waals surface area contributed by atoms with Crippen LogP contribution in [0.15, 0.2) is 59.4 Å². The lowest BCUT2D eigenvalue weighted by Crippen LogP contribution is -2.35. The number of oxazole rings is 1. The zero-order valence-corrected chi connectivity index (χ0v) is 13.9. The Bertz CT molecular complexity index is 1100. The van der Waals surface area contributed by atoms with Crippen LogP contribution in [0.1, 0.15) is 21.8 Å². The van der Waals surface area contributed by atoms with Gasteiger partial charge in [0.15, 0.2) is 5.65 Å². The highest BCUT2D eigenvalue weighted by Gasteiger charge is 2.28. The van der Waals surface area contributed by atoms with Crippen LogP contribution >= 0.6 is 0 Å². The molecule has 5 rings (SSSR count). The molecule has 1 aromatic carbocycles. The summed E-state index contributed by atoms with van der Waals surface area (Å²) in [5.74, 6) is 1.36. The van der Waals surface area contributed by atoms with Crippen LogP contribution in [-0.4, -0.2) is 36.9 Å². The van der Waals surface area contributed by atoms with Gasteiger partial charge in [-0.2, -0.15) is 5.10 Å². The highest BCUT2D eigenvalue weighted by Crippen LogP contribution is 2.27. The van der Waals surface area contributed by atoms with E-state index in [1.54, 1.807) is 34.1 Å². The quantitative estimate of drug-likeness (QED) is 0.558. The number of aromatic nitrogens is 4. The molecule has 26 heavy (non-hydrogen) atoms. The lowest BCUT2D eigenvalue weighted by molar-refractivity contribution is 0.0729. The van der Waals surface area contributed by atoms with Gasteiger partial charge in [0.2, 0.25) is 5.89 Å². The van der Waals surface area contributed by atoms with E-state index in [9.17, 15) is 4.79 Å². The average molecular weight is 345 g/mol. The summed E-state index contributed by atoms with van der Waals surface area (Å²) in [7, 11) is 0. The molecule has 3 aromatic heterocycles. The van der Waals surface area contributed by atoms with Gasteiger partial charge in [0.1, 0.15) is 17.0 Å². The molecular formula is C19H15N5O2. The smallest absolute Gasteiger partial charge is 0.259 e. The molecule has 0 N–H and O–H groups in total. The number of hydrogen-bond donors (Lipinski definition) is 0. The summed E-state index contributed by atoms with van der Waals surface area (Å²) in [6.45, 7) is 1.01. The summed E-state index contributed by atoms with van der Waals surface area (Å²) in [4.78, 5) is 23.6. The van der Waals surface area contributed by atoms with E-state index in [0.29, 0.717) is 36.6 Å². The molecule has 4 aromatic rings. The van der Waals surface area contributed by atoms with Crippen molar-refractivity contribution in [2.45, 2.75) is 13.0 Å². The lowest BCUT2D eigenvalue weighted by Gasteiger charge is -2.24. The SMILES string of the molecule is O=C(c1cnn2cccnc12)N1CCc2oc(-c3ccccc3)nc2C1. The van der Waals surface area contributed by atoms with Crippen LogP contribution in [0, 0.1) is 0 Å². The summed E-state index contributed by atoms with van der Waals surface area (Å²) in [5, 5.41) is 4.20. The molecule has 0 radical (unpaired) electrons. The number of amides is 1. The number of hydrogen-bond acceptors (Lipinski definition) is 5. The fraction of sp³-hybridized carbons (Fsp3) is 0.158. The maximum atomic E-state index is 12.9. The first-order valence-corrected chi connectivity index (χ1v) is 8.41. The first-order chi connectivity index (χ1) is 12.8. The molecule has 0 bridgehead atoms. The van der Waals surface area contributed by atoms with Crippen molar-refractivity contribution in [3.63, 3.8) is 0 Å². The molecule has 0 saturated carbocycles. The number of carbonyl (C=O) groups excluding carboxylic acids is 1. The molecule has 1 amide bonds. The van der Waals surface area contributed by atoms with Crippen molar-refractivity contribution < 1.29 is 9.21 Å². The van der Waals surface area contributed by atoms with Crippen molar-refractivity contribution >= 4 is 11.6 Å². The molecule has 0 atom stereocenters. The topological polar surface area (TPSA) is 76.5 Å². The van der Waals surface area contributed by atoms with Gasteiger partial charge in [-0.15, -0.1) is 0 Å². The summed E-state index contributed by atoms with van der Waals surface area (Å²) in [6, 6.07) is 11.6. The number of benzene rings is 1. The molecule has 0 saturated heterocycles. The van der Waals surface area contributed by atoms with Crippen LogP contribution < -0.4 is 0 Å². The summed E-state index contributed by atoms with van der Waals surface area (Å²) < 4.78 is 7.51. The van der Waals surface area contributed by atoms with E-state index < -0.39 is 0 Å². The normalized spacial score (nSPS) is 13.8. The molecular weight excluding hydrogens is 330 g/mol. The Morgan fingerprint density at radius 2 is 2.04 bits per heavy atom. The van der Waals surface area contributed by atoms with Crippen LogP contribution in [-0.2, 0) is 13.0 Å². The highest BCUT2D eigenvalue weighted by atomic mass is 16.4. The first kappa shape index (κ1) is 14.8. The number of rotatable bonds is 2. The maximum absolute atomic E-state index is 12.9. The van der Waals surface area contributed by atoms with Gasteiger partial charge in [-0.1, -0.05) is 18.2 Å². The number of nitrogens with zero attached hydrogens (tertiary/aromatic N) is 5. The van der Waals surface area contributed by atoms with E-state index in [2.05, 4.69) is 15.1 Å². The molecule has 4 heterocycles. The van der Waals surface area contributed by atoms with Crippen molar-refractivity contribution in [3.8, 4) is 11.5 Å². The van der Waals surface area contributed by atoms with E-state index in [1.165, 1.54) is 0 Å². The summed E-state index contributed by atoms with van der Waals surface area (Å²) in [5.41, 5.74) is 2.81. The Kier molecular flexibility index (Phi) is 3.31. The van der Waals surface area contributed by atoms with Crippen molar-refractivity contribution in [1.29, 1.82) is 0 Å². The van der Waals surface area contributed by atoms with Gasteiger partial charge in [0, 0.05) is 30.9 Å². The highest BCUT2D eigenvalue weighted by molar-refractivity contribution is 5.99. The Labute approximate surface area is 148 Å². The molecule has 0 spiro atoms. The minimum atomic E-state index is -0.0892. The van der Waals surface area contributed by atoms with E-state index in [1.807, 2.05) is 30.3 Å². The molecule has 0 unspecified atom stereocenters. The van der Waals surface area contributed by atoms with E-state index in [0.717, 1.165) is 17.0 Å². The molecule has 128 valence electrons. The minimum absolute atomic E-state index is 0.0892. The van der Waals surface area contributed by atoms with Gasteiger partial charge in [-0.3, -0.25) is 4.79 Å². The van der Waals surface area contributed by atoms with Crippen LogP contribution in [0.3, 0.4) is 0 Å². The Morgan fingerprint density at radius 1 is 1.15 bits per heavy atom. The molecule has 1 aliphatic heterocycles. The van der Waals surface area contributed by atoms with Crippen LogP contribution in [0.25, 0.3) is 17.1 Å². The van der Waals surface area contributed by atoms with Gasteiger partial charge in [0.25, 0.3) is 5.91 Å². The predicted molar refractivity (Wildman–Crippen MR) is 93.4 cm³/mol. The number of carbonyl (C=O) groups is 1. The third-order valence-corrected chi connectivity index (χ3v) is 4.55. The third kappa shape index (κ3) is 2.36. The fourth-order valence-electron chi connectivity index (χ4n) is 3.22. The van der Waals surface area contributed by atoms with Crippen molar-refractivity contribution in [1.82, 2.24) is 24.5 Å². The maximum Gasteiger partial charge on any atom is 0.259 e. The minimum Gasteiger partial charge on any atom is -0.441 e. The second-order valence-corrected chi connectivity index (χ2v) is 6.18. The Morgan fingerprint density at radius 3 is 2.92 bits per heavy atom. The third-order valence-electron chi connectivity index (χ3n) is 4.55. The van der Waals surface area contributed by atoms with Crippen LogP contribution in [0.2, 0.25) is 0 Å². The number of fused-ring (bicyclic) bond motifs is 2. The average Bonchev–Trinajstić information content (AvgIpc) is 3.32. The van der Waals surface area contributed by atoms with Gasteiger partial charge in [0.05, 0.1) is 12.7 Å². The van der Waals surface area contributed by atoms with E-state index in [-0.39, 0.29) is 5.91 Å². The molecule has 0 fully saturated rings. The molecule has 1 aliphatic rings. The fourth-order valence-corrected chi connectivity index (χ4v) is 3.22. The summed E-state index contributed by atoms with van der Waals surface area (Å²) >= 11 is 0. The summed E-state index contributed by atoms with van der Waals surface area (Å²) in [6.07, 6.45) is 5.65. The monoisotopic (exact) mass is 345 g/mol. The van der Waals surface area contributed by atoms with Crippen LogP contribution in [0.5, 0.6) is 0 Å². The van der Waals surface area contributed by atoms with Crippen molar-refractivity contribution in [2.24, 2.45) is 0 Å². The van der Waals surface area contributed by atoms with Gasteiger partial charge in [-0.05, 0) is 18.2 Å². The van der Waals surface area contributed by atoms with E-state index in [4.69, 9.17) is 4.42 Å². The second kappa shape index (κ2) is 5.80. The van der Waals surface area contributed by atoms with Crippen molar-refractivity contribution in [3.05, 3.63) is 72.0 Å². The lowest BCUT2D eigenvalue weighted by atomic mass is 10.1. The molecule has 0 aliphatic carbocycles. The molecule has 7 nitrogen and oxygen atoms in total. The Hall–Kier alpha value is -3.48. The zero-order valence-electron chi connectivity index (χ0n) is 13.9. The standard InChI is InChI=1S/C19H15N5O2/c25-19(14-11-21-24-9-4-8-20-17(14)24)23-10-7-16-15(12-23)22-18(26-16)13-5-2-1-3-6-13/h1-6,8-9,11H,7,10,12H2. The zero-order chi connectivity index (χ0) is 17.5. The van der Waals surface area contributed by atoms with Crippen molar-refractivity contribution in [2.75, 3.05) is 6.54 Å². The second-order valence-electron chi connectivity index (χ2n) is 6.18. The van der Waals surface area contributed by atoms with E-state index >= 15 is 0 Å². The Balaban J connectivity index is 1.44. The largest absolute Gasteiger partial charge is 0.441 e. The van der Waals surface area contributed by atoms with Gasteiger partial charge < -0.3 is 9.32 Å².